The fourth-order valence-electron chi connectivity index (χ4n) is 1.54. The van der Waals surface area contributed by atoms with Crippen LogP contribution in [0, 0.1) is 0 Å². The molecule has 0 aliphatic rings. The topological polar surface area (TPSA) is 105 Å². The number of aliphatic hydroxyl groups excluding tert-OH is 1. The second-order valence-electron chi connectivity index (χ2n) is 4.27. The van der Waals surface area contributed by atoms with E-state index in [4.69, 9.17) is 15.6 Å². The number of hydrogen-bond acceptors (Lipinski definition) is 6. The summed E-state index contributed by atoms with van der Waals surface area (Å²) < 4.78 is 30.4. The van der Waals surface area contributed by atoms with Gasteiger partial charge in [0.2, 0.25) is 10.0 Å². The van der Waals surface area contributed by atoms with Crippen molar-refractivity contribution in [3.63, 3.8) is 0 Å². The van der Waals surface area contributed by atoms with E-state index in [2.05, 4.69) is 5.32 Å². The Kier molecular flexibility index (Phi) is 6.21. The quantitative estimate of drug-likeness (QED) is 0.459. The minimum atomic E-state index is -3.57. The summed E-state index contributed by atoms with van der Waals surface area (Å²) >= 11 is 0. The van der Waals surface area contributed by atoms with Crippen LogP contribution in [0.5, 0.6) is 0 Å². The van der Waals surface area contributed by atoms with E-state index in [0.29, 0.717) is 18.8 Å². The van der Waals surface area contributed by atoms with Gasteiger partial charge in [0.1, 0.15) is 4.90 Å². The molecule has 0 radical (unpaired) electrons. The highest BCUT2D eigenvalue weighted by molar-refractivity contribution is 7.89. The molecule has 0 heterocycles. The zero-order valence-corrected chi connectivity index (χ0v) is 12.5. The highest BCUT2D eigenvalue weighted by Gasteiger charge is 2.21. The van der Waals surface area contributed by atoms with E-state index in [1.165, 1.54) is 20.2 Å². The number of rotatable bonds is 8. The van der Waals surface area contributed by atoms with Gasteiger partial charge in [-0.2, -0.15) is 0 Å². The SMILES string of the molecule is CN(C)S(=O)(=O)c1cccc(NCCOCCO)c1N. The number of nitrogen functional groups attached to an aromatic ring is 1. The molecule has 0 spiro atoms. The van der Waals surface area contributed by atoms with E-state index in [9.17, 15) is 8.42 Å². The summed E-state index contributed by atoms with van der Waals surface area (Å²) in [7, 11) is -0.653. The van der Waals surface area contributed by atoms with Crippen molar-refractivity contribution in [1.29, 1.82) is 0 Å². The summed E-state index contributed by atoms with van der Waals surface area (Å²) in [5.41, 5.74) is 6.62. The summed E-state index contributed by atoms with van der Waals surface area (Å²) in [4.78, 5) is 0.0729. The van der Waals surface area contributed by atoms with Gasteiger partial charge >= 0.3 is 0 Å². The summed E-state index contributed by atoms with van der Waals surface area (Å²) in [5, 5.41) is 11.6. The number of nitrogens with zero attached hydrogens (tertiary/aromatic N) is 1. The van der Waals surface area contributed by atoms with E-state index in [1.54, 1.807) is 12.1 Å². The molecule has 1 aromatic rings. The van der Waals surface area contributed by atoms with E-state index < -0.39 is 10.0 Å². The van der Waals surface area contributed by atoms with Crippen molar-refractivity contribution in [2.45, 2.75) is 4.90 Å². The molecule has 1 rings (SSSR count). The lowest BCUT2D eigenvalue weighted by Gasteiger charge is -2.16. The lowest BCUT2D eigenvalue weighted by molar-refractivity contribution is 0.0992. The maximum absolute atomic E-state index is 12.1. The van der Waals surface area contributed by atoms with Crippen molar-refractivity contribution in [2.75, 3.05) is 51.5 Å². The molecule has 0 aromatic heterocycles. The molecule has 7 nitrogen and oxygen atoms in total. The third kappa shape index (κ3) is 4.07. The normalized spacial score (nSPS) is 11.8. The molecular formula is C12H21N3O4S. The van der Waals surface area contributed by atoms with Gasteiger partial charge in [-0.3, -0.25) is 0 Å². The summed E-state index contributed by atoms with van der Waals surface area (Å²) in [5.74, 6) is 0. The van der Waals surface area contributed by atoms with Crippen LogP contribution in [-0.4, -0.2) is 58.3 Å². The smallest absolute Gasteiger partial charge is 0.244 e. The fraction of sp³-hybridized carbons (Fsp3) is 0.500. The Labute approximate surface area is 119 Å². The Bertz CT molecular complexity index is 532. The molecule has 0 atom stereocenters. The predicted molar refractivity (Wildman–Crippen MR) is 78.1 cm³/mol. The molecule has 4 N–H and O–H groups in total. The zero-order chi connectivity index (χ0) is 15.2. The minimum Gasteiger partial charge on any atom is -0.396 e. The number of benzene rings is 1. The maximum atomic E-state index is 12.1. The average molecular weight is 303 g/mol. The van der Waals surface area contributed by atoms with Gasteiger partial charge in [0, 0.05) is 20.6 Å². The first kappa shape index (κ1) is 16.7. The molecule has 0 aliphatic carbocycles. The van der Waals surface area contributed by atoms with E-state index >= 15 is 0 Å². The number of nitrogens with one attached hydrogen (secondary N) is 1. The first-order valence-electron chi connectivity index (χ1n) is 6.14. The van der Waals surface area contributed by atoms with Crippen molar-refractivity contribution < 1.29 is 18.3 Å². The molecule has 0 saturated carbocycles. The van der Waals surface area contributed by atoms with Gasteiger partial charge in [-0.25, -0.2) is 12.7 Å². The number of nitrogens with two attached hydrogens (primary N) is 1. The molecule has 0 saturated heterocycles. The van der Waals surface area contributed by atoms with Crippen molar-refractivity contribution >= 4 is 21.4 Å². The van der Waals surface area contributed by atoms with Crippen molar-refractivity contribution in [3.8, 4) is 0 Å². The first-order valence-corrected chi connectivity index (χ1v) is 7.58. The van der Waals surface area contributed by atoms with Gasteiger partial charge in [-0.05, 0) is 12.1 Å². The number of ether oxygens (including phenoxy) is 1. The lowest BCUT2D eigenvalue weighted by atomic mass is 10.2. The van der Waals surface area contributed by atoms with Crippen molar-refractivity contribution in [3.05, 3.63) is 18.2 Å². The molecule has 0 amide bonds. The Morgan fingerprint density at radius 2 is 2.05 bits per heavy atom. The van der Waals surface area contributed by atoms with Gasteiger partial charge in [0.05, 0.1) is 31.2 Å². The van der Waals surface area contributed by atoms with Gasteiger partial charge in [-0.1, -0.05) is 6.07 Å². The predicted octanol–water partition coefficient (Wildman–Crippen LogP) is -0.0601. The number of anilines is 2. The van der Waals surface area contributed by atoms with Crippen molar-refractivity contribution in [2.24, 2.45) is 0 Å². The van der Waals surface area contributed by atoms with E-state index in [0.717, 1.165) is 4.31 Å². The van der Waals surface area contributed by atoms with Gasteiger partial charge in [0.15, 0.2) is 0 Å². The van der Waals surface area contributed by atoms with Crippen LogP contribution in [0.2, 0.25) is 0 Å². The molecule has 20 heavy (non-hydrogen) atoms. The fourth-order valence-corrected chi connectivity index (χ4v) is 2.58. The third-order valence-electron chi connectivity index (χ3n) is 2.62. The molecular weight excluding hydrogens is 282 g/mol. The molecule has 0 bridgehead atoms. The summed E-state index contributed by atoms with van der Waals surface area (Å²) in [6.45, 7) is 1.10. The third-order valence-corrected chi connectivity index (χ3v) is 4.50. The Balaban J connectivity index is 2.81. The second-order valence-corrected chi connectivity index (χ2v) is 6.39. The Morgan fingerprint density at radius 3 is 2.65 bits per heavy atom. The summed E-state index contributed by atoms with van der Waals surface area (Å²) in [6, 6.07) is 4.80. The molecule has 114 valence electrons. The second kappa shape index (κ2) is 7.44. The van der Waals surface area contributed by atoms with E-state index in [1.807, 2.05) is 0 Å². The number of para-hydroxylation sites is 1. The van der Waals surface area contributed by atoms with Gasteiger partial charge < -0.3 is 20.9 Å². The van der Waals surface area contributed by atoms with Crippen LogP contribution >= 0.6 is 0 Å². The molecule has 0 unspecified atom stereocenters. The monoisotopic (exact) mass is 303 g/mol. The molecule has 1 aromatic carbocycles. The van der Waals surface area contributed by atoms with Crippen LogP contribution in [0.15, 0.2) is 23.1 Å². The average Bonchev–Trinajstić information content (AvgIpc) is 2.39. The lowest BCUT2D eigenvalue weighted by Crippen LogP contribution is -2.23. The Hall–Kier alpha value is -1.35. The van der Waals surface area contributed by atoms with Crippen LogP contribution in [0.3, 0.4) is 0 Å². The number of aliphatic hydroxyl groups is 1. The molecule has 0 fully saturated rings. The van der Waals surface area contributed by atoms with Gasteiger partial charge in [-0.15, -0.1) is 0 Å². The molecule has 8 heteroatoms. The van der Waals surface area contributed by atoms with Crippen LogP contribution in [0.1, 0.15) is 0 Å². The van der Waals surface area contributed by atoms with E-state index in [-0.39, 0.29) is 23.8 Å². The van der Waals surface area contributed by atoms with Crippen LogP contribution in [-0.2, 0) is 14.8 Å². The number of sulfonamides is 1. The number of hydrogen-bond donors (Lipinski definition) is 3. The highest BCUT2D eigenvalue weighted by Crippen LogP contribution is 2.27. The Morgan fingerprint density at radius 1 is 1.35 bits per heavy atom. The van der Waals surface area contributed by atoms with Crippen LogP contribution in [0.25, 0.3) is 0 Å². The molecule has 0 aliphatic heterocycles. The maximum Gasteiger partial charge on any atom is 0.244 e. The summed E-state index contributed by atoms with van der Waals surface area (Å²) in [6.07, 6.45) is 0. The zero-order valence-electron chi connectivity index (χ0n) is 11.7. The first-order chi connectivity index (χ1) is 9.41. The van der Waals surface area contributed by atoms with Crippen LogP contribution in [0.4, 0.5) is 11.4 Å². The standard InChI is InChI=1S/C12H21N3O4S/c1-15(2)20(17,18)11-5-3-4-10(12(11)13)14-6-8-19-9-7-16/h3-5,14,16H,6-9,13H2,1-2H3. The van der Waals surface area contributed by atoms with Gasteiger partial charge in [0.25, 0.3) is 0 Å². The largest absolute Gasteiger partial charge is 0.396 e. The highest BCUT2D eigenvalue weighted by atomic mass is 32.2. The van der Waals surface area contributed by atoms with Crippen LogP contribution < -0.4 is 11.1 Å². The van der Waals surface area contributed by atoms with Crippen molar-refractivity contribution in [1.82, 2.24) is 4.31 Å². The minimum absolute atomic E-state index is 0.0291.